The Morgan fingerprint density at radius 1 is 1.67 bits per heavy atom. The minimum Gasteiger partial charge on any atom is -0.323 e. The summed E-state index contributed by atoms with van der Waals surface area (Å²) in [5.74, 6) is -0.0657. The molecule has 1 N–H and O–H groups in total. The molecule has 5 heteroatoms. The number of hydrogen-bond acceptors (Lipinski definition) is 2. The third-order valence-corrected chi connectivity index (χ3v) is 2.35. The molecule has 0 aromatic carbocycles. The molecule has 0 spiro atoms. The van der Waals surface area contributed by atoms with Gasteiger partial charge in [-0.3, -0.25) is 9.48 Å². The van der Waals surface area contributed by atoms with Crippen molar-refractivity contribution in [3.05, 3.63) is 9.39 Å². The lowest BCUT2D eigenvalue weighted by Gasteiger charge is -2.00. The van der Waals surface area contributed by atoms with E-state index in [0.29, 0.717) is 0 Å². The van der Waals surface area contributed by atoms with Gasteiger partial charge in [0.1, 0.15) is 3.70 Å². The minimum atomic E-state index is -0.0657. The van der Waals surface area contributed by atoms with Gasteiger partial charge in [-0.15, -0.1) is 0 Å². The van der Waals surface area contributed by atoms with Gasteiger partial charge in [0, 0.05) is 14.0 Å². The highest BCUT2D eigenvalue weighted by Gasteiger charge is 2.10. The molecule has 0 atom stereocenters. The van der Waals surface area contributed by atoms with E-state index in [2.05, 4.69) is 33.0 Å². The summed E-state index contributed by atoms with van der Waals surface area (Å²) in [6.45, 7) is 3.41. The lowest BCUT2D eigenvalue weighted by Crippen LogP contribution is -2.07. The van der Waals surface area contributed by atoms with Gasteiger partial charge in [0.25, 0.3) is 0 Å². The van der Waals surface area contributed by atoms with E-state index in [9.17, 15) is 4.79 Å². The molecule has 1 amide bonds. The van der Waals surface area contributed by atoms with Crippen molar-refractivity contribution >= 4 is 34.2 Å². The molecule has 0 radical (unpaired) electrons. The second-order valence-electron chi connectivity index (χ2n) is 2.56. The average Bonchev–Trinajstić information content (AvgIpc) is 2.16. The highest BCUT2D eigenvalue weighted by Crippen LogP contribution is 2.20. The van der Waals surface area contributed by atoms with Crippen LogP contribution in [0.4, 0.5) is 5.69 Å². The number of nitrogens with one attached hydrogen (secondary N) is 1. The number of aryl methyl sites for hydroxylation is 1. The summed E-state index contributed by atoms with van der Waals surface area (Å²) in [5.41, 5.74) is 1.78. The zero-order valence-electron chi connectivity index (χ0n) is 7.18. The summed E-state index contributed by atoms with van der Waals surface area (Å²) in [4.78, 5) is 10.8. The van der Waals surface area contributed by atoms with Crippen LogP contribution in [0.5, 0.6) is 0 Å². The highest BCUT2D eigenvalue weighted by atomic mass is 127. The number of halogens is 1. The molecule has 66 valence electrons. The van der Waals surface area contributed by atoms with Crippen LogP contribution >= 0.6 is 22.6 Å². The number of amides is 1. The van der Waals surface area contributed by atoms with E-state index >= 15 is 0 Å². The van der Waals surface area contributed by atoms with Crippen molar-refractivity contribution in [3.63, 3.8) is 0 Å². The summed E-state index contributed by atoms with van der Waals surface area (Å²) in [5, 5.41) is 6.88. The van der Waals surface area contributed by atoms with E-state index in [4.69, 9.17) is 0 Å². The number of carbonyl (C=O) groups is 1. The first kappa shape index (κ1) is 9.50. The molecule has 0 saturated carbocycles. The van der Waals surface area contributed by atoms with E-state index in [1.807, 2.05) is 14.0 Å². The van der Waals surface area contributed by atoms with Crippen molar-refractivity contribution in [2.24, 2.45) is 7.05 Å². The first-order valence-electron chi connectivity index (χ1n) is 3.49. The SMILES string of the molecule is CC(=O)Nc1c(I)nn(C)c1C. The molecule has 1 rings (SSSR count). The fourth-order valence-electron chi connectivity index (χ4n) is 0.886. The highest BCUT2D eigenvalue weighted by molar-refractivity contribution is 14.1. The molecule has 0 saturated heterocycles. The molecule has 1 aromatic rings. The van der Waals surface area contributed by atoms with Gasteiger partial charge in [-0.25, -0.2) is 0 Å². The zero-order chi connectivity index (χ0) is 9.30. The molecular weight excluding hydrogens is 269 g/mol. The van der Waals surface area contributed by atoms with Crippen molar-refractivity contribution in [1.29, 1.82) is 0 Å². The molecule has 0 aliphatic rings. The summed E-state index contributed by atoms with van der Waals surface area (Å²) >= 11 is 2.09. The normalized spacial score (nSPS) is 10.0. The van der Waals surface area contributed by atoms with E-state index in [1.165, 1.54) is 6.92 Å². The minimum absolute atomic E-state index is 0.0657. The van der Waals surface area contributed by atoms with Crippen LogP contribution in [-0.4, -0.2) is 15.7 Å². The average molecular weight is 279 g/mol. The Morgan fingerprint density at radius 3 is 2.58 bits per heavy atom. The van der Waals surface area contributed by atoms with E-state index < -0.39 is 0 Å². The number of hydrogen-bond donors (Lipinski definition) is 1. The van der Waals surface area contributed by atoms with Crippen molar-refractivity contribution in [1.82, 2.24) is 9.78 Å². The van der Waals surface area contributed by atoms with Gasteiger partial charge >= 0.3 is 0 Å². The quantitative estimate of drug-likeness (QED) is 0.787. The standard InChI is InChI=1S/C7H10IN3O/c1-4-6(9-5(2)12)7(8)10-11(4)3/h1-3H3,(H,9,12). The molecule has 4 nitrogen and oxygen atoms in total. The molecule has 0 aliphatic carbocycles. The molecule has 0 aliphatic heterocycles. The number of nitrogens with zero attached hydrogens (tertiary/aromatic N) is 2. The third kappa shape index (κ3) is 1.77. The largest absolute Gasteiger partial charge is 0.323 e. The van der Waals surface area contributed by atoms with Crippen LogP contribution < -0.4 is 5.32 Å². The third-order valence-electron chi connectivity index (χ3n) is 1.59. The van der Waals surface area contributed by atoms with Crippen molar-refractivity contribution < 1.29 is 4.79 Å². The lowest BCUT2D eigenvalue weighted by atomic mass is 10.4. The second kappa shape index (κ2) is 3.42. The van der Waals surface area contributed by atoms with Crippen LogP contribution in [0.3, 0.4) is 0 Å². The Hall–Kier alpha value is -0.590. The Labute approximate surface area is 84.5 Å². The Balaban J connectivity index is 3.05. The van der Waals surface area contributed by atoms with Crippen molar-refractivity contribution in [2.75, 3.05) is 5.32 Å². The Morgan fingerprint density at radius 2 is 2.25 bits per heavy atom. The topological polar surface area (TPSA) is 46.9 Å². The van der Waals surface area contributed by atoms with Crippen molar-refractivity contribution in [2.45, 2.75) is 13.8 Å². The van der Waals surface area contributed by atoms with Crippen LogP contribution in [0.25, 0.3) is 0 Å². The van der Waals surface area contributed by atoms with Crippen molar-refractivity contribution in [3.8, 4) is 0 Å². The predicted octanol–water partition coefficient (Wildman–Crippen LogP) is 1.29. The molecule has 0 bridgehead atoms. The number of aromatic nitrogens is 2. The van der Waals surface area contributed by atoms with Crippen LogP contribution in [0.15, 0.2) is 0 Å². The molecule has 0 fully saturated rings. The lowest BCUT2D eigenvalue weighted by molar-refractivity contribution is -0.114. The fraction of sp³-hybridized carbons (Fsp3) is 0.429. The van der Waals surface area contributed by atoms with E-state index in [0.717, 1.165) is 15.1 Å². The fourth-order valence-corrected chi connectivity index (χ4v) is 1.73. The predicted molar refractivity (Wildman–Crippen MR) is 55.0 cm³/mol. The van der Waals surface area contributed by atoms with Gasteiger partial charge in [-0.2, -0.15) is 5.10 Å². The Bertz CT molecular complexity index is 319. The molecule has 1 heterocycles. The van der Waals surface area contributed by atoms with Gasteiger partial charge < -0.3 is 5.32 Å². The van der Waals surface area contributed by atoms with Crippen LogP contribution in [0.1, 0.15) is 12.6 Å². The molecule has 0 unspecified atom stereocenters. The van der Waals surface area contributed by atoms with Gasteiger partial charge in [0.2, 0.25) is 5.91 Å². The van der Waals surface area contributed by atoms with Gasteiger partial charge in [0.15, 0.2) is 0 Å². The maximum atomic E-state index is 10.8. The van der Waals surface area contributed by atoms with Crippen LogP contribution in [0, 0.1) is 10.6 Å². The van der Waals surface area contributed by atoms with Crippen LogP contribution in [-0.2, 0) is 11.8 Å². The maximum absolute atomic E-state index is 10.8. The number of anilines is 1. The molecule has 12 heavy (non-hydrogen) atoms. The van der Waals surface area contributed by atoms with Gasteiger partial charge in [-0.1, -0.05) is 0 Å². The Kier molecular flexibility index (Phi) is 2.71. The monoisotopic (exact) mass is 279 g/mol. The summed E-state index contributed by atoms with van der Waals surface area (Å²) < 4.78 is 2.57. The summed E-state index contributed by atoms with van der Waals surface area (Å²) in [6.07, 6.45) is 0. The summed E-state index contributed by atoms with van der Waals surface area (Å²) in [6, 6.07) is 0. The van der Waals surface area contributed by atoms with Crippen LogP contribution in [0.2, 0.25) is 0 Å². The van der Waals surface area contributed by atoms with E-state index in [1.54, 1.807) is 4.68 Å². The second-order valence-corrected chi connectivity index (χ2v) is 3.58. The van der Waals surface area contributed by atoms with E-state index in [-0.39, 0.29) is 5.91 Å². The maximum Gasteiger partial charge on any atom is 0.221 e. The smallest absolute Gasteiger partial charge is 0.221 e. The first-order valence-corrected chi connectivity index (χ1v) is 4.57. The zero-order valence-corrected chi connectivity index (χ0v) is 9.34. The number of rotatable bonds is 1. The number of carbonyl (C=O) groups excluding carboxylic acids is 1. The molecule has 1 aromatic heterocycles. The van der Waals surface area contributed by atoms with Gasteiger partial charge in [0.05, 0.1) is 11.4 Å². The molecular formula is C7H10IN3O. The van der Waals surface area contributed by atoms with Gasteiger partial charge in [-0.05, 0) is 29.5 Å². The summed E-state index contributed by atoms with van der Waals surface area (Å²) in [7, 11) is 1.85. The first-order chi connectivity index (χ1) is 5.52.